The van der Waals surface area contributed by atoms with Crippen LogP contribution in [-0.2, 0) is 22.1 Å². The summed E-state index contributed by atoms with van der Waals surface area (Å²) in [6, 6.07) is 8.80. The highest BCUT2D eigenvalue weighted by Crippen LogP contribution is 2.23. The summed E-state index contributed by atoms with van der Waals surface area (Å²) in [4.78, 5) is 24.4. The zero-order chi connectivity index (χ0) is 17.9. The van der Waals surface area contributed by atoms with Gasteiger partial charge in [0.05, 0.1) is 12.3 Å². The smallest absolute Gasteiger partial charge is 0.355 e. The molecule has 1 unspecified atom stereocenters. The van der Waals surface area contributed by atoms with E-state index in [2.05, 4.69) is 21.2 Å². The Hall–Kier alpha value is -1.83. The Labute approximate surface area is 161 Å². The Morgan fingerprint density at radius 1 is 1.32 bits per heavy atom. The number of hydrogen-bond acceptors (Lipinski definition) is 4. The van der Waals surface area contributed by atoms with E-state index in [-0.39, 0.29) is 24.9 Å². The summed E-state index contributed by atoms with van der Waals surface area (Å²) in [5.41, 5.74) is 6.52. The van der Waals surface area contributed by atoms with Gasteiger partial charge >= 0.3 is 5.97 Å². The van der Waals surface area contributed by atoms with Crippen molar-refractivity contribution in [1.29, 1.82) is 0 Å². The molecule has 1 heterocycles. The highest BCUT2D eigenvalue weighted by atomic mass is 79.9. The van der Waals surface area contributed by atoms with Gasteiger partial charge in [0.15, 0.2) is 0 Å². The van der Waals surface area contributed by atoms with Gasteiger partial charge in [0.1, 0.15) is 11.2 Å². The third-order valence-electron chi connectivity index (χ3n) is 3.66. The van der Waals surface area contributed by atoms with Gasteiger partial charge in [0.2, 0.25) is 5.91 Å². The first-order valence-corrected chi connectivity index (χ1v) is 8.25. The molecule has 1 amide bonds. The van der Waals surface area contributed by atoms with Crippen LogP contribution in [0.15, 0.2) is 41.0 Å². The zero-order valence-electron chi connectivity index (χ0n) is 14.2. The van der Waals surface area contributed by atoms with Gasteiger partial charge in [-0.15, -0.1) is 12.4 Å². The molecular formula is C17H21BrClN3O3. The molecule has 8 heteroatoms. The molecular weight excluding hydrogens is 410 g/mol. The van der Waals surface area contributed by atoms with E-state index in [9.17, 15) is 9.59 Å². The first-order valence-electron chi connectivity index (χ1n) is 7.45. The minimum Gasteiger partial charge on any atom is -0.461 e. The summed E-state index contributed by atoms with van der Waals surface area (Å²) < 4.78 is 7.48. The predicted octanol–water partition coefficient (Wildman–Crippen LogP) is 3.20. The van der Waals surface area contributed by atoms with Crippen molar-refractivity contribution in [3.8, 4) is 0 Å². The molecule has 0 bridgehead atoms. The maximum atomic E-state index is 12.6. The second-order valence-corrected chi connectivity index (χ2v) is 6.52. The number of rotatable bonds is 5. The quantitative estimate of drug-likeness (QED) is 0.713. The lowest BCUT2D eigenvalue weighted by Crippen LogP contribution is -2.45. The average molecular weight is 431 g/mol. The number of halogens is 2. The van der Waals surface area contributed by atoms with E-state index in [0.29, 0.717) is 16.9 Å². The highest BCUT2D eigenvalue weighted by Gasteiger charge is 2.31. The maximum absolute atomic E-state index is 12.6. The van der Waals surface area contributed by atoms with Crippen LogP contribution < -0.4 is 11.1 Å². The Bertz CT molecular complexity index is 757. The topological polar surface area (TPSA) is 86.3 Å². The number of esters is 1. The van der Waals surface area contributed by atoms with Crippen molar-refractivity contribution in [2.24, 2.45) is 12.8 Å². The number of ether oxygens (including phenoxy) is 1. The maximum Gasteiger partial charge on any atom is 0.355 e. The summed E-state index contributed by atoms with van der Waals surface area (Å²) >= 11 is 3.35. The number of aryl methyl sites for hydroxylation is 1. The van der Waals surface area contributed by atoms with Crippen LogP contribution in [-0.4, -0.2) is 23.1 Å². The fourth-order valence-electron chi connectivity index (χ4n) is 2.23. The molecule has 0 saturated carbocycles. The Morgan fingerprint density at radius 3 is 2.48 bits per heavy atom. The minimum atomic E-state index is -1.21. The van der Waals surface area contributed by atoms with Gasteiger partial charge in [0.25, 0.3) is 0 Å². The van der Waals surface area contributed by atoms with Crippen molar-refractivity contribution in [1.82, 2.24) is 4.57 Å². The molecule has 1 aromatic carbocycles. The molecule has 1 aromatic heterocycles. The monoisotopic (exact) mass is 429 g/mol. The summed E-state index contributed by atoms with van der Waals surface area (Å²) in [5.74, 6) is -0.810. The van der Waals surface area contributed by atoms with E-state index in [1.807, 2.05) is 12.1 Å². The normalized spacial score (nSPS) is 12.7. The highest BCUT2D eigenvalue weighted by molar-refractivity contribution is 9.10. The van der Waals surface area contributed by atoms with Crippen LogP contribution in [0.25, 0.3) is 0 Å². The number of hydrogen-bond donors (Lipinski definition) is 2. The van der Waals surface area contributed by atoms with Gasteiger partial charge in [0, 0.05) is 17.7 Å². The molecule has 3 N–H and O–H groups in total. The van der Waals surface area contributed by atoms with Crippen LogP contribution in [0.2, 0.25) is 0 Å². The summed E-state index contributed by atoms with van der Waals surface area (Å²) in [6.07, 6.45) is 1.64. The fourth-order valence-corrected chi connectivity index (χ4v) is 2.49. The van der Waals surface area contributed by atoms with Gasteiger partial charge in [-0.05, 0) is 37.6 Å². The van der Waals surface area contributed by atoms with Gasteiger partial charge in [-0.25, -0.2) is 4.79 Å². The first kappa shape index (κ1) is 21.2. The van der Waals surface area contributed by atoms with Crippen LogP contribution in [0.3, 0.4) is 0 Å². The fraction of sp³-hybridized carbons (Fsp3) is 0.294. The zero-order valence-corrected chi connectivity index (χ0v) is 16.6. The van der Waals surface area contributed by atoms with Gasteiger partial charge < -0.3 is 20.4 Å². The molecule has 2 rings (SSSR count). The first-order chi connectivity index (χ1) is 11.3. The average Bonchev–Trinajstić information content (AvgIpc) is 2.88. The number of amides is 1. The van der Waals surface area contributed by atoms with Crippen molar-refractivity contribution in [3.63, 3.8) is 0 Å². The van der Waals surface area contributed by atoms with Crippen molar-refractivity contribution in [2.45, 2.75) is 19.4 Å². The summed E-state index contributed by atoms with van der Waals surface area (Å²) in [5, 5.41) is 2.75. The van der Waals surface area contributed by atoms with E-state index >= 15 is 0 Å². The van der Waals surface area contributed by atoms with E-state index in [4.69, 9.17) is 10.5 Å². The number of aromatic nitrogens is 1. The van der Waals surface area contributed by atoms with Crippen molar-refractivity contribution in [3.05, 3.63) is 52.3 Å². The summed E-state index contributed by atoms with van der Waals surface area (Å²) in [7, 11) is 1.71. The van der Waals surface area contributed by atoms with Gasteiger partial charge in [-0.3, -0.25) is 4.79 Å². The third kappa shape index (κ3) is 4.84. The standard InChI is InChI=1S/C17H20BrN3O3.ClH/c1-4-24-15(22)14-9-13(10-21(14)3)20-16(23)17(2,19)11-5-7-12(18)8-6-11;/h5-10H,4,19H2,1-3H3,(H,20,23);1H. The molecule has 0 aliphatic carbocycles. The van der Waals surface area contributed by atoms with Crippen LogP contribution in [0, 0.1) is 0 Å². The predicted molar refractivity (Wildman–Crippen MR) is 103 cm³/mol. The van der Waals surface area contributed by atoms with Crippen molar-refractivity contribution >= 4 is 45.9 Å². The molecule has 2 aromatic rings. The van der Waals surface area contributed by atoms with Crippen molar-refractivity contribution in [2.75, 3.05) is 11.9 Å². The number of anilines is 1. The van der Waals surface area contributed by atoms with E-state index < -0.39 is 11.5 Å². The number of nitrogens with zero attached hydrogens (tertiary/aromatic N) is 1. The molecule has 0 spiro atoms. The van der Waals surface area contributed by atoms with Crippen molar-refractivity contribution < 1.29 is 14.3 Å². The molecule has 0 aliphatic rings. The molecule has 0 aliphatic heterocycles. The second kappa shape index (κ2) is 8.51. The number of nitrogens with two attached hydrogens (primary N) is 1. The molecule has 1 atom stereocenters. The number of nitrogens with one attached hydrogen (secondary N) is 1. The third-order valence-corrected chi connectivity index (χ3v) is 4.19. The molecule has 25 heavy (non-hydrogen) atoms. The summed E-state index contributed by atoms with van der Waals surface area (Å²) in [6.45, 7) is 3.67. The van der Waals surface area contributed by atoms with Crippen LogP contribution in [0.1, 0.15) is 29.9 Å². The van der Waals surface area contributed by atoms with E-state index in [1.165, 1.54) is 0 Å². The van der Waals surface area contributed by atoms with Crippen LogP contribution in [0.4, 0.5) is 5.69 Å². The molecule has 0 fully saturated rings. The van der Waals surface area contributed by atoms with E-state index in [0.717, 1.165) is 4.47 Å². The van der Waals surface area contributed by atoms with Gasteiger partial charge in [-0.1, -0.05) is 28.1 Å². The molecule has 6 nitrogen and oxygen atoms in total. The number of benzene rings is 1. The molecule has 0 saturated heterocycles. The number of carbonyl (C=O) groups is 2. The molecule has 136 valence electrons. The molecule has 0 radical (unpaired) electrons. The lowest BCUT2D eigenvalue weighted by molar-refractivity contribution is -0.120. The van der Waals surface area contributed by atoms with Crippen LogP contribution in [0.5, 0.6) is 0 Å². The van der Waals surface area contributed by atoms with Gasteiger partial charge in [-0.2, -0.15) is 0 Å². The Kier molecular flexibility index (Phi) is 7.22. The van der Waals surface area contributed by atoms with E-state index in [1.54, 1.807) is 49.9 Å². The second-order valence-electron chi connectivity index (χ2n) is 5.61. The lowest BCUT2D eigenvalue weighted by Gasteiger charge is -2.23. The SMILES string of the molecule is CCOC(=O)c1cc(NC(=O)C(C)(N)c2ccc(Br)cc2)cn1C.Cl. The largest absolute Gasteiger partial charge is 0.461 e. The Balaban J connectivity index is 0.00000312. The lowest BCUT2D eigenvalue weighted by atomic mass is 9.92. The minimum absolute atomic E-state index is 0. The number of carbonyl (C=O) groups excluding carboxylic acids is 2. The van der Waals surface area contributed by atoms with Crippen LogP contribution >= 0.6 is 28.3 Å². The Morgan fingerprint density at radius 2 is 1.92 bits per heavy atom.